The fourth-order valence-corrected chi connectivity index (χ4v) is 2.07. The molecule has 0 bridgehead atoms. The predicted octanol–water partition coefficient (Wildman–Crippen LogP) is 2.96. The smallest absolute Gasteiger partial charge is 0.417 e. The maximum atomic E-state index is 11.9. The highest BCUT2D eigenvalue weighted by molar-refractivity contribution is 5.94. The van der Waals surface area contributed by atoms with Gasteiger partial charge in [0.1, 0.15) is 5.60 Å². The van der Waals surface area contributed by atoms with Crippen LogP contribution in [0.25, 0.3) is 0 Å². The lowest BCUT2D eigenvalue weighted by atomic mass is 10.0. The Kier molecular flexibility index (Phi) is 4.17. The van der Waals surface area contributed by atoms with Gasteiger partial charge >= 0.3 is 6.09 Å². The molecule has 0 aromatic carbocycles. The largest absolute Gasteiger partial charge is 0.443 e. The summed E-state index contributed by atoms with van der Waals surface area (Å²) in [6.07, 6.45) is 1.57. The molecule has 1 saturated heterocycles. The summed E-state index contributed by atoms with van der Waals surface area (Å²) in [6, 6.07) is 0.0114. The first kappa shape index (κ1) is 14.0. The van der Waals surface area contributed by atoms with Gasteiger partial charge in [-0.15, -0.1) is 0 Å². The van der Waals surface area contributed by atoms with Crippen molar-refractivity contribution in [2.45, 2.75) is 65.5 Å². The summed E-state index contributed by atoms with van der Waals surface area (Å²) >= 11 is 0. The molecule has 4 heteroatoms. The summed E-state index contributed by atoms with van der Waals surface area (Å²) in [4.78, 5) is 25.0. The summed E-state index contributed by atoms with van der Waals surface area (Å²) in [7, 11) is 0. The lowest BCUT2D eigenvalue weighted by Gasteiger charge is -2.28. The van der Waals surface area contributed by atoms with Crippen LogP contribution in [0.3, 0.4) is 0 Å². The van der Waals surface area contributed by atoms with Gasteiger partial charge in [-0.1, -0.05) is 13.8 Å². The number of ether oxygens (including phenoxy) is 1. The van der Waals surface area contributed by atoms with Crippen LogP contribution >= 0.6 is 0 Å². The van der Waals surface area contributed by atoms with Gasteiger partial charge in [0.15, 0.2) is 0 Å². The number of amides is 2. The number of imide groups is 1. The quantitative estimate of drug-likeness (QED) is 0.746. The van der Waals surface area contributed by atoms with Crippen LogP contribution in [0, 0.1) is 5.92 Å². The molecule has 17 heavy (non-hydrogen) atoms. The number of carbonyl (C=O) groups is 2. The minimum Gasteiger partial charge on any atom is -0.443 e. The van der Waals surface area contributed by atoms with Gasteiger partial charge in [0.05, 0.1) is 0 Å². The van der Waals surface area contributed by atoms with Crippen molar-refractivity contribution in [3.05, 3.63) is 0 Å². The van der Waals surface area contributed by atoms with Crippen molar-refractivity contribution in [1.82, 2.24) is 4.90 Å². The number of carbonyl (C=O) groups excluding carboxylic acids is 2. The Hall–Kier alpha value is -1.06. The average Bonchev–Trinajstić information content (AvgIpc) is 2.42. The second-order valence-electron chi connectivity index (χ2n) is 6.07. The minimum absolute atomic E-state index is 0.0114. The van der Waals surface area contributed by atoms with Crippen LogP contribution in [0.4, 0.5) is 4.79 Å². The van der Waals surface area contributed by atoms with E-state index in [1.165, 1.54) is 4.90 Å². The number of likely N-dealkylation sites (tertiary alicyclic amines) is 1. The van der Waals surface area contributed by atoms with Crippen molar-refractivity contribution in [3.8, 4) is 0 Å². The van der Waals surface area contributed by atoms with Crippen molar-refractivity contribution in [2.24, 2.45) is 5.92 Å². The molecule has 0 aromatic heterocycles. The second-order valence-corrected chi connectivity index (χ2v) is 6.07. The molecule has 1 rings (SSSR count). The van der Waals surface area contributed by atoms with Crippen LogP contribution in [0.15, 0.2) is 0 Å². The number of hydrogen-bond acceptors (Lipinski definition) is 3. The molecule has 0 radical (unpaired) electrons. The van der Waals surface area contributed by atoms with E-state index in [0.717, 1.165) is 12.8 Å². The highest BCUT2D eigenvalue weighted by atomic mass is 16.6. The molecule has 4 nitrogen and oxygen atoms in total. The second kappa shape index (κ2) is 5.07. The average molecular weight is 241 g/mol. The molecule has 0 unspecified atom stereocenters. The topological polar surface area (TPSA) is 46.6 Å². The van der Waals surface area contributed by atoms with Gasteiger partial charge in [0.25, 0.3) is 0 Å². The Labute approximate surface area is 103 Å². The van der Waals surface area contributed by atoms with E-state index >= 15 is 0 Å². The third kappa shape index (κ3) is 4.02. The summed E-state index contributed by atoms with van der Waals surface area (Å²) in [6.45, 7) is 9.61. The SMILES string of the molecule is CC(C)C[C@H]1CCC(=O)N1C(=O)OC(C)(C)C. The zero-order valence-corrected chi connectivity index (χ0v) is 11.4. The van der Waals surface area contributed by atoms with Crippen molar-refractivity contribution >= 4 is 12.0 Å². The maximum Gasteiger partial charge on any atom is 0.417 e. The van der Waals surface area contributed by atoms with Crippen LogP contribution in [0.1, 0.15) is 53.9 Å². The van der Waals surface area contributed by atoms with Crippen LogP contribution < -0.4 is 0 Å². The predicted molar refractivity (Wildman–Crippen MR) is 65.6 cm³/mol. The molecule has 0 aromatic rings. The zero-order valence-electron chi connectivity index (χ0n) is 11.4. The lowest BCUT2D eigenvalue weighted by Crippen LogP contribution is -2.42. The highest BCUT2D eigenvalue weighted by Crippen LogP contribution is 2.26. The molecular formula is C13H23NO3. The Morgan fingerprint density at radius 3 is 2.53 bits per heavy atom. The van der Waals surface area contributed by atoms with E-state index < -0.39 is 11.7 Å². The van der Waals surface area contributed by atoms with Gasteiger partial charge in [-0.05, 0) is 39.5 Å². The Balaban J connectivity index is 2.71. The van der Waals surface area contributed by atoms with Gasteiger partial charge in [-0.2, -0.15) is 0 Å². The fourth-order valence-electron chi connectivity index (χ4n) is 2.07. The monoisotopic (exact) mass is 241 g/mol. The van der Waals surface area contributed by atoms with Crippen molar-refractivity contribution < 1.29 is 14.3 Å². The third-order valence-corrected chi connectivity index (χ3v) is 2.66. The summed E-state index contributed by atoms with van der Waals surface area (Å²) in [5.41, 5.74) is -0.553. The van der Waals surface area contributed by atoms with Crippen LogP contribution in [0.5, 0.6) is 0 Å². The molecule has 0 saturated carbocycles. The molecular weight excluding hydrogens is 218 g/mol. The zero-order chi connectivity index (χ0) is 13.2. The molecule has 0 N–H and O–H groups in total. The third-order valence-electron chi connectivity index (χ3n) is 2.66. The Bertz CT molecular complexity index is 304. The van der Waals surface area contributed by atoms with Crippen LogP contribution in [-0.4, -0.2) is 28.5 Å². The van der Waals surface area contributed by atoms with E-state index in [1.54, 1.807) is 0 Å². The fraction of sp³-hybridized carbons (Fsp3) is 0.846. The molecule has 1 aliphatic rings. The summed E-state index contributed by atoms with van der Waals surface area (Å²) in [5.74, 6) is 0.362. The minimum atomic E-state index is -0.553. The van der Waals surface area contributed by atoms with Crippen LogP contribution in [-0.2, 0) is 9.53 Å². The van der Waals surface area contributed by atoms with E-state index in [0.29, 0.717) is 12.3 Å². The van der Waals surface area contributed by atoms with Crippen molar-refractivity contribution in [3.63, 3.8) is 0 Å². The molecule has 1 fully saturated rings. The lowest BCUT2D eigenvalue weighted by molar-refractivity contribution is -0.128. The molecule has 2 amide bonds. The first-order valence-corrected chi connectivity index (χ1v) is 6.25. The van der Waals surface area contributed by atoms with Gasteiger partial charge < -0.3 is 4.74 Å². The van der Waals surface area contributed by atoms with Gasteiger partial charge in [0, 0.05) is 12.5 Å². The molecule has 1 heterocycles. The van der Waals surface area contributed by atoms with E-state index in [9.17, 15) is 9.59 Å². The normalized spacial score (nSPS) is 21.2. The van der Waals surface area contributed by atoms with Gasteiger partial charge in [-0.3, -0.25) is 4.79 Å². The molecule has 1 aliphatic heterocycles. The number of hydrogen-bond donors (Lipinski definition) is 0. The molecule has 0 aliphatic carbocycles. The van der Waals surface area contributed by atoms with E-state index in [2.05, 4.69) is 13.8 Å². The Morgan fingerprint density at radius 1 is 1.47 bits per heavy atom. The summed E-state index contributed by atoms with van der Waals surface area (Å²) in [5, 5.41) is 0. The first-order valence-electron chi connectivity index (χ1n) is 6.25. The van der Waals surface area contributed by atoms with Gasteiger partial charge in [0.2, 0.25) is 5.91 Å². The van der Waals surface area contributed by atoms with Crippen molar-refractivity contribution in [1.29, 1.82) is 0 Å². The highest BCUT2D eigenvalue weighted by Gasteiger charge is 2.38. The first-order chi connectivity index (χ1) is 7.70. The summed E-state index contributed by atoms with van der Waals surface area (Å²) < 4.78 is 5.27. The Morgan fingerprint density at radius 2 is 2.06 bits per heavy atom. The maximum absolute atomic E-state index is 11.9. The number of nitrogens with zero attached hydrogens (tertiary/aromatic N) is 1. The van der Waals surface area contributed by atoms with Gasteiger partial charge in [-0.25, -0.2) is 9.69 Å². The molecule has 98 valence electrons. The number of rotatable bonds is 2. The van der Waals surface area contributed by atoms with E-state index in [1.807, 2.05) is 20.8 Å². The van der Waals surface area contributed by atoms with Crippen LogP contribution in [0.2, 0.25) is 0 Å². The van der Waals surface area contributed by atoms with E-state index in [-0.39, 0.29) is 11.9 Å². The standard InChI is InChI=1S/C13H23NO3/c1-9(2)8-10-6-7-11(15)14(10)12(16)17-13(3,4)5/h9-10H,6-8H2,1-5H3/t10-/m1/s1. The van der Waals surface area contributed by atoms with Crippen molar-refractivity contribution in [2.75, 3.05) is 0 Å². The van der Waals surface area contributed by atoms with E-state index in [4.69, 9.17) is 4.74 Å². The molecule has 0 spiro atoms. The molecule has 1 atom stereocenters.